The van der Waals surface area contributed by atoms with Crippen LogP contribution >= 0.6 is 0 Å². The van der Waals surface area contributed by atoms with Gasteiger partial charge in [0.1, 0.15) is 6.10 Å². The first kappa shape index (κ1) is 28.2. The van der Waals surface area contributed by atoms with Crippen molar-refractivity contribution in [2.24, 2.45) is 0 Å². The predicted octanol–water partition coefficient (Wildman–Crippen LogP) is 3.75. The molecule has 7 nitrogen and oxygen atoms in total. The lowest BCUT2D eigenvalue weighted by Crippen LogP contribution is -2.66. The molecule has 3 heterocycles. The molecule has 212 valence electrons. The quantitative estimate of drug-likeness (QED) is 0.474. The van der Waals surface area contributed by atoms with Crippen molar-refractivity contribution in [3.63, 3.8) is 0 Å². The van der Waals surface area contributed by atoms with Crippen LogP contribution in [0, 0.1) is 6.92 Å². The number of nitrogens with zero attached hydrogens (tertiary/aromatic N) is 1. The van der Waals surface area contributed by atoms with Crippen LogP contribution in [0.25, 0.3) is 0 Å². The fraction of sp³-hybridized carbons (Fsp3) is 0.594. The number of hydrogen-bond acceptors (Lipinski definition) is 6. The summed E-state index contributed by atoms with van der Waals surface area (Å²) in [6, 6.07) is 15.0. The number of likely N-dealkylation sites (tertiary alicyclic amines) is 1. The maximum atomic E-state index is 12.5. The Morgan fingerprint density at radius 2 is 1.85 bits per heavy atom. The summed E-state index contributed by atoms with van der Waals surface area (Å²) >= 11 is 0. The third-order valence-corrected chi connectivity index (χ3v) is 9.16. The predicted molar refractivity (Wildman–Crippen MR) is 148 cm³/mol. The van der Waals surface area contributed by atoms with Crippen LogP contribution in [-0.4, -0.2) is 68.7 Å². The number of fused-ring (bicyclic) bond motifs is 2. The summed E-state index contributed by atoms with van der Waals surface area (Å²) in [5, 5.41) is 32.3. The molecule has 3 N–H and O–H groups in total. The number of carbonyl (C=O) groups excluding carboxylic acids is 1. The fourth-order valence-electron chi connectivity index (χ4n) is 6.48. The van der Waals surface area contributed by atoms with E-state index in [0.29, 0.717) is 12.5 Å². The molecule has 0 spiro atoms. The van der Waals surface area contributed by atoms with Crippen molar-refractivity contribution in [2.75, 3.05) is 13.2 Å². The molecule has 2 aromatic rings. The maximum absolute atomic E-state index is 12.5. The molecule has 5 atom stereocenters. The van der Waals surface area contributed by atoms with Gasteiger partial charge in [0.25, 0.3) is 0 Å². The first-order valence-corrected chi connectivity index (χ1v) is 14.3. The Morgan fingerprint density at radius 3 is 2.51 bits per heavy atom. The van der Waals surface area contributed by atoms with E-state index in [2.05, 4.69) is 44.2 Å². The Bertz CT molecular complexity index is 1190. The van der Waals surface area contributed by atoms with E-state index < -0.39 is 29.2 Å². The molecule has 2 unspecified atom stereocenters. The number of rotatable bonds is 8. The molecule has 3 fully saturated rings. The van der Waals surface area contributed by atoms with Crippen molar-refractivity contribution in [3.05, 3.63) is 70.3 Å². The maximum Gasteiger partial charge on any atom is 0.222 e. The van der Waals surface area contributed by atoms with Crippen molar-refractivity contribution < 1.29 is 29.6 Å². The highest BCUT2D eigenvalue weighted by atomic mass is 16.8. The Kier molecular flexibility index (Phi) is 7.68. The zero-order valence-electron chi connectivity index (χ0n) is 23.7. The third kappa shape index (κ3) is 5.27. The molecule has 0 aliphatic carbocycles. The summed E-state index contributed by atoms with van der Waals surface area (Å²) in [6.07, 6.45) is 3.05. The van der Waals surface area contributed by atoms with Gasteiger partial charge in [0.05, 0.1) is 18.3 Å². The van der Waals surface area contributed by atoms with Crippen molar-refractivity contribution in [3.8, 4) is 0 Å². The van der Waals surface area contributed by atoms with E-state index >= 15 is 0 Å². The molecule has 0 aromatic heterocycles. The van der Waals surface area contributed by atoms with E-state index in [9.17, 15) is 20.1 Å². The third-order valence-electron chi connectivity index (χ3n) is 9.16. The first-order valence-electron chi connectivity index (χ1n) is 14.3. The molecule has 3 saturated heterocycles. The number of benzene rings is 2. The summed E-state index contributed by atoms with van der Waals surface area (Å²) in [7, 11) is 0. The van der Waals surface area contributed by atoms with Crippen LogP contribution in [0.2, 0.25) is 0 Å². The molecule has 3 aliphatic heterocycles. The lowest BCUT2D eigenvalue weighted by molar-refractivity contribution is -0.308. The number of hydrogen-bond donors (Lipinski definition) is 3. The van der Waals surface area contributed by atoms with Crippen molar-refractivity contribution in [1.82, 2.24) is 4.90 Å². The van der Waals surface area contributed by atoms with Gasteiger partial charge in [0.2, 0.25) is 5.91 Å². The standard InChI is InChI=1S/C32H43NO6/c1-21-10-15-26(32-19-27(34)29(36)31(39-32,20-38-32)30(3,4)37)18-25(21)17-24-13-11-23(12-14-24)8-5-9-28(35)33-16-6-7-22(33)2/h10-15,18,22,27,29,34,36-37H,5-9,16-17,19-20H2,1-4H3/t22?,27?,29-,31-,32+/m0/s1. The van der Waals surface area contributed by atoms with Gasteiger partial charge >= 0.3 is 0 Å². The summed E-state index contributed by atoms with van der Waals surface area (Å²) in [6.45, 7) is 8.24. The van der Waals surface area contributed by atoms with Gasteiger partial charge in [-0.15, -0.1) is 0 Å². The average Bonchev–Trinajstić information content (AvgIpc) is 3.48. The van der Waals surface area contributed by atoms with Gasteiger partial charge in [-0.1, -0.05) is 36.4 Å². The van der Waals surface area contributed by atoms with E-state index in [1.165, 1.54) is 11.1 Å². The minimum Gasteiger partial charge on any atom is -0.390 e. The normalized spacial score (nSPS) is 30.6. The van der Waals surface area contributed by atoms with Crippen molar-refractivity contribution in [1.29, 1.82) is 0 Å². The molecule has 7 heteroatoms. The summed E-state index contributed by atoms with van der Waals surface area (Å²) in [5.41, 5.74) is 2.61. The second-order valence-electron chi connectivity index (χ2n) is 12.4. The monoisotopic (exact) mass is 537 g/mol. The average molecular weight is 538 g/mol. The zero-order valence-corrected chi connectivity index (χ0v) is 23.7. The minimum absolute atomic E-state index is 0.0119. The lowest BCUT2D eigenvalue weighted by atomic mass is 9.76. The van der Waals surface area contributed by atoms with Crippen LogP contribution in [0.3, 0.4) is 0 Å². The molecule has 1 amide bonds. The van der Waals surface area contributed by atoms with Crippen LogP contribution in [0.15, 0.2) is 42.5 Å². The zero-order chi connectivity index (χ0) is 28.0. The fourth-order valence-corrected chi connectivity index (χ4v) is 6.48. The topological polar surface area (TPSA) is 99.5 Å². The second-order valence-corrected chi connectivity index (χ2v) is 12.4. The molecule has 0 radical (unpaired) electrons. The van der Waals surface area contributed by atoms with Crippen LogP contribution in [0.1, 0.15) is 80.7 Å². The minimum atomic E-state index is -1.41. The lowest BCUT2D eigenvalue weighted by Gasteiger charge is -2.48. The van der Waals surface area contributed by atoms with Gasteiger partial charge < -0.3 is 29.7 Å². The van der Waals surface area contributed by atoms with Gasteiger partial charge in [0, 0.05) is 31.0 Å². The van der Waals surface area contributed by atoms with E-state index in [0.717, 1.165) is 55.3 Å². The highest BCUT2D eigenvalue weighted by Gasteiger charge is 2.67. The smallest absolute Gasteiger partial charge is 0.222 e. The van der Waals surface area contributed by atoms with E-state index in [1.807, 2.05) is 17.0 Å². The highest BCUT2D eigenvalue weighted by Crippen LogP contribution is 2.53. The van der Waals surface area contributed by atoms with Gasteiger partial charge in [-0.2, -0.15) is 0 Å². The first-order chi connectivity index (χ1) is 18.4. The number of aliphatic hydroxyl groups is 3. The number of aliphatic hydroxyl groups excluding tert-OH is 2. The molecule has 2 bridgehead atoms. The molecular formula is C32H43NO6. The molecule has 3 aliphatic rings. The Labute approximate surface area is 231 Å². The Hall–Kier alpha value is -2.29. The number of carbonyl (C=O) groups is 1. The molecule has 2 aromatic carbocycles. The second kappa shape index (κ2) is 10.6. The van der Waals surface area contributed by atoms with E-state index in [1.54, 1.807) is 13.8 Å². The number of amides is 1. The van der Waals surface area contributed by atoms with Crippen molar-refractivity contribution in [2.45, 2.75) is 108 Å². The van der Waals surface area contributed by atoms with Gasteiger partial charge in [-0.05, 0) is 88.1 Å². The van der Waals surface area contributed by atoms with Gasteiger partial charge in [-0.3, -0.25) is 4.79 Å². The summed E-state index contributed by atoms with van der Waals surface area (Å²) < 4.78 is 12.5. The van der Waals surface area contributed by atoms with Crippen LogP contribution in [0.4, 0.5) is 0 Å². The summed E-state index contributed by atoms with van der Waals surface area (Å²) in [5.74, 6) is -0.948. The van der Waals surface area contributed by atoms with Crippen molar-refractivity contribution >= 4 is 5.91 Å². The number of ether oxygens (including phenoxy) is 2. The van der Waals surface area contributed by atoms with Crippen LogP contribution in [-0.2, 0) is 32.9 Å². The SMILES string of the molecule is Cc1ccc([C@]23CC(O)[C@H](O)[C@](C(C)(C)O)(CO2)O3)cc1Cc1ccc(CCCC(=O)N2CCCC2C)cc1. The Balaban J connectivity index is 1.25. The highest BCUT2D eigenvalue weighted by molar-refractivity contribution is 5.76. The number of aryl methyl sites for hydroxylation is 2. The largest absolute Gasteiger partial charge is 0.390 e. The molecule has 0 saturated carbocycles. The molecule has 39 heavy (non-hydrogen) atoms. The van der Waals surface area contributed by atoms with Crippen LogP contribution in [0.5, 0.6) is 0 Å². The summed E-state index contributed by atoms with van der Waals surface area (Å²) in [4.78, 5) is 14.5. The molecule has 5 rings (SSSR count). The van der Waals surface area contributed by atoms with Gasteiger partial charge in [0.15, 0.2) is 11.4 Å². The molecular weight excluding hydrogens is 494 g/mol. The van der Waals surface area contributed by atoms with E-state index in [4.69, 9.17) is 9.47 Å². The van der Waals surface area contributed by atoms with E-state index in [-0.39, 0.29) is 18.9 Å². The van der Waals surface area contributed by atoms with Crippen LogP contribution < -0.4 is 0 Å². The van der Waals surface area contributed by atoms with Gasteiger partial charge in [-0.25, -0.2) is 0 Å². The Morgan fingerprint density at radius 1 is 1.13 bits per heavy atom.